The number of carbonyl (C=O) groups excluding carboxylic acids is 1. The molecule has 1 aromatic heterocycles. The molecule has 0 bridgehead atoms. The molecule has 38 heavy (non-hydrogen) atoms. The number of nitrogens with zero attached hydrogens (tertiary/aromatic N) is 3. The maximum Gasteiger partial charge on any atom is 0.284 e. The molecule has 5 rings (SSSR count). The molecule has 1 radical (unpaired) electrons. The molecule has 0 atom stereocenters. The van der Waals surface area contributed by atoms with E-state index in [2.05, 4.69) is 36.9 Å². The quantitative estimate of drug-likeness (QED) is 0.141. The number of benzene rings is 3. The normalized spacial score (nSPS) is 14.2. The molecule has 5 nitrogen and oxygen atoms in total. The number of rotatable bonds is 3. The Bertz CT molecular complexity index is 1370. The fraction of sp³-hybridized carbons (Fsp3) is 0.156. The summed E-state index contributed by atoms with van der Waals surface area (Å²) in [5, 5.41) is 16.3. The predicted octanol–water partition coefficient (Wildman–Crippen LogP) is 7.22. The van der Waals surface area contributed by atoms with Gasteiger partial charge in [0.2, 0.25) is 0 Å². The summed E-state index contributed by atoms with van der Waals surface area (Å²) in [5.41, 5.74) is 5.25. The number of carbonyl (C=O) groups is 1. The van der Waals surface area contributed by atoms with E-state index >= 15 is 0 Å². The number of hydrazone groups is 1. The SMILES string of the molecule is CC1=NN(c2ccccc2)C(=O)/C1=C(\O)c1ccc(C(C)(C)C)cc1.[Ir].[c-]1ccccc1-c1ccccn1. The summed E-state index contributed by atoms with van der Waals surface area (Å²) in [6.45, 7) is 8.13. The van der Waals surface area contributed by atoms with E-state index in [-0.39, 0.29) is 42.8 Å². The van der Waals surface area contributed by atoms with Crippen LogP contribution in [-0.4, -0.2) is 21.7 Å². The zero-order chi connectivity index (χ0) is 26.4. The van der Waals surface area contributed by atoms with Crippen molar-refractivity contribution in [2.75, 3.05) is 5.01 Å². The van der Waals surface area contributed by atoms with Crippen molar-refractivity contribution in [3.05, 3.63) is 126 Å². The Labute approximate surface area is 237 Å². The van der Waals surface area contributed by atoms with Gasteiger partial charge in [-0.2, -0.15) is 10.1 Å². The van der Waals surface area contributed by atoms with Crippen LogP contribution in [0.3, 0.4) is 0 Å². The molecule has 4 aromatic rings. The number of para-hydroxylation sites is 1. The summed E-state index contributed by atoms with van der Waals surface area (Å²) in [7, 11) is 0. The summed E-state index contributed by atoms with van der Waals surface area (Å²) in [5.74, 6) is -0.355. The molecule has 1 aliphatic heterocycles. The van der Waals surface area contributed by atoms with Crippen LogP contribution in [-0.2, 0) is 30.3 Å². The molecule has 1 N–H and O–H groups in total. The molecular formula is C32H30IrN3O2-. The molecule has 0 aliphatic carbocycles. The van der Waals surface area contributed by atoms with Gasteiger partial charge >= 0.3 is 0 Å². The number of pyridine rings is 1. The second kappa shape index (κ2) is 12.6. The summed E-state index contributed by atoms with van der Waals surface area (Å²) in [6.07, 6.45) is 1.79. The Hall–Kier alpha value is -3.86. The van der Waals surface area contributed by atoms with Gasteiger partial charge in [-0.1, -0.05) is 75.4 Å². The minimum atomic E-state index is -0.318. The Kier molecular flexibility index (Phi) is 9.51. The average molecular weight is 681 g/mol. The van der Waals surface area contributed by atoms with Crippen LogP contribution in [0, 0.1) is 6.07 Å². The van der Waals surface area contributed by atoms with Crippen molar-refractivity contribution in [2.24, 2.45) is 5.10 Å². The van der Waals surface area contributed by atoms with Crippen molar-refractivity contribution in [1.29, 1.82) is 0 Å². The van der Waals surface area contributed by atoms with Gasteiger partial charge in [-0.25, -0.2) is 0 Å². The maximum atomic E-state index is 12.8. The van der Waals surface area contributed by atoms with Gasteiger partial charge in [0.25, 0.3) is 5.91 Å². The number of amides is 1. The first-order chi connectivity index (χ1) is 17.8. The third-order valence-electron chi connectivity index (χ3n) is 5.93. The number of aliphatic hydroxyl groups is 1. The van der Waals surface area contributed by atoms with E-state index < -0.39 is 0 Å². The first-order valence-corrected chi connectivity index (χ1v) is 12.1. The molecule has 6 heteroatoms. The minimum Gasteiger partial charge on any atom is -0.506 e. The number of aromatic nitrogens is 1. The molecule has 195 valence electrons. The number of hydrogen-bond acceptors (Lipinski definition) is 4. The van der Waals surface area contributed by atoms with E-state index in [1.54, 1.807) is 13.1 Å². The van der Waals surface area contributed by atoms with Gasteiger partial charge in [0.1, 0.15) is 11.3 Å². The Morgan fingerprint density at radius 2 is 1.53 bits per heavy atom. The summed E-state index contributed by atoms with van der Waals surface area (Å²) >= 11 is 0. The fourth-order valence-corrected chi connectivity index (χ4v) is 3.87. The zero-order valence-corrected chi connectivity index (χ0v) is 24.2. The van der Waals surface area contributed by atoms with Crippen LogP contribution in [0.2, 0.25) is 0 Å². The fourth-order valence-electron chi connectivity index (χ4n) is 3.87. The second-order valence-corrected chi connectivity index (χ2v) is 9.68. The second-order valence-electron chi connectivity index (χ2n) is 9.68. The van der Waals surface area contributed by atoms with E-state index in [1.807, 2.05) is 97.1 Å². The third kappa shape index (κ3) is 6.71. The topological polar surface area (TPSA) is 65.8 Å². The van der Waals surface area contributed by atoms with Crippen LogP contribution in [0.5, 0.6) is 0 Å². The van der Waals surface area contributed by atoms with Crippen molar-refractivity contribution < 1.29 is 30.0 Å². The van der Waals surface area contributed by atoms with Crippen LogP contribution in [0.4, 0.5) is 5.69 Å². The molecule has 3 aromatic carbocycles. The Morgan fingerprint density at radius 3 is 2.11 bits per heavy atom. The number of anilines is 1. The Morgan fingerprint density at radius 1 is 0.868 bits per heavy atom. The van der Waals surface area contributed by atoms with Crippen LogP contribution in [0.25, 0.3) is 17.0 Å². The smallest absolute Gasteiger partial charge is 0.284 e. The van der Waals surface area contributed by atoms with Crippen LogP contribution in [0.1, 0.15) is 38.8 Å². The first-order valence-electron chi connectivity index (χ1n) is 12.1. The van der Waals surface area contributed by atoms with Gasteiger partial charge in [-0.3, -0.25) is 4.79 Å². The van der Waals surface area contributed by atoms with Crippen LogP contribution >= 0.6 is 0 Å². The van der Waals surface area contributed by atoms with Gasteiger partial charge in [-0.05, 0) is 41.8 Å². The van der Waals surface area contributed by atoms with Crippen LogP contribution < -0.4 is 5.01 Å². The van der Waals surface area contributed by atoms with Gasteiger partial charge < -0.3 is 10.1 Å². The molecule has 0 saturated carbocycles. The van der Waals surface area contributed by atoms with Gasteiger partial charge in [0.05, 0.1) is 11.4 Å². The summed E-state index contributed by atoms with van der Waals surface area (Å²) < 4.78 is 0. The Balaban J connectivity index is 0.000000258. The molecule has 0 spiro atoms. The number of hydrogen-bond donors (Lipinski definition) is 1. The summed E-state index contributed by atoms with van der Waals surface area (Å²) in [4.78, 5) is 17.0. The van der Waals surface area contributed by atoms with Crippen molar-refractivity contribution in [3.63, 3.8) is 0 Å². The monoisotopic (exact) mass is 681 g/mol. The molecule has 0 saturated heterocycles. The molecule has 2 heterocycles. The van der Waals surface area contributed by atoms with Crippen molar-refractivity contribution in [3.8, 4) is 11.3 Å². The largest absolute Gasteiger partial charge is 0.506 e. The third-order valence-corrected chi connectivity index (χ3v) is 5.93. The van der Waals surface area contributed by atoms with Crippen LogP contribution in [0.15, 0.2) is 114 Å². The summed E-state index contributed by atoms with van der Waals surface area (Å²) in [6, 6.07) is 33.7. The maximum absolute atomic E-state index is 12.8. The molecule has 1 amide bonds. The molecule has 1 aliphatic rings. The first kappa shape index (κ1) is 28.7. The van der Waals surface area contributed by atoms with Crippen molar-refractivity contribution >= 4 is 23.1 Å². The van der Waals surface area contributed by atoms with Gasteiger partial charge in [-0.15, -0.1) is 35.9 Å². The van der Waals surface area contributed by atoms with Crippen molar-refractivity contribution in [2.45, 2.75) is 33.1 Å². The minimum absolute atomic E-state index is 0. The van der Waals surface area contributed by atoms with Gasteiger partial charge in [0, 0.05) is 31.9 Å². The van der Waals surface area contributed by atoms with E-state index in [0.717, 1.165) is 11.3 Å². The van der Waals surface area contributed by atoms with E-state index in [0.29, 0.717) is 17.0 Å². The molecule has 0 fully saturated rings. The molecular weight excluding hydrogens is 651 g/mol. The molecule has 0 unspecified atom stereocenters. The number of aliphatic hydroxyl groups excluding tert-OH is 1. The predicted molar refractivity (Wildman–Crippen MR) is 150 cm³/mol. The zero-order valence-electron chi connectivity index (χ0n) is 21.8. The standard InChI is InChI=1S/C21H22N2O2.C11H8N.Ir/c1-14-18(20(25)23(22-14)17-8-6-5-7-9-17)19(24)15-10-12-16(13-11-15)21(2,3)4;1-2-6-10(7-3-1)11-8-4-5-9-12-11;/h5-13,24H,1-4H3;1-6,8-9H;/q;-1;/b19-18-;;. The van der Waals surface area contributed by atoms with E-state index in [1.165, 1.54) is 10.6 Å². The van der Waals surface area contributed by atoms with E-state index in [9.17, 15) is 9.90 Å². The average Bonchev–Trinajstić information content (AvgIpc) is 3.23. The van der Waals surface area contributed by atoms with Crippen molar-refractivity contribution in [1.82, 2.24) is 4.98 Å². The van der Waals surface area contributed by atoms with E-state index in [4.69, 9.17) is 0 Å². The van der Waals surface area contributed by atoms with Gasteiger partial charge in [0.15, 0.2) is 0 Å².